The number of para-hydroxylation sites is 1. The summed E-state index contributed by atoms with van der Waals surface area (Å²) in [6.07, 6.45) is 3.08. The summed E-state index contributed by atoms with van der Waals surface area (Å²) in [5, 5.41) is 0.621. The molecule has 0 spiro atoms. The van der Waals surface area contributed by atoms with E-state index in [1.165, 1.54) is 0 Å². The summed E-state index contributed by atoms with van der Waals surface area (Å²) >= 11 is 0. The van der Waals surface area contributed by atoms with Crippen LogP contribution < -0.4 is 11.3 Å². The lowest BCUT2D eigenvalue weighted by atomic mass is 9.72. The average Bonchev–Trinajstić information content (AvgIpc) is 2.75. The third-order valence-corrected chi connectivity index (χ3v) is 6.06. The predicted octanol–water partition coefficient (Wildman–Crippen LogP) is 2.37. The number of amides is 1. The summed E-state index contributed by atoms with van der Waals surface area (Å²) in [6.45, 7) is 2.57. The molecule has 2 aromatic carbocycles. The topological polar surface area (TPSA) is 92.1 Å². The fraction of sp³-hybridized carbons (Fsp3) is 0.348. The first-order valence-corrected chi connectivity index (χ1v) is 10.1. The van der Waals surface area contributed by atoms with Gasteiger partial charge in [-0.05, 0) is 56.6 Å². The summed E-state index contributed by atoms with van der Waals surface area (Å²) in [5.74, 6) is 0.489. The van der Waals surface area contributed by atoms with Gasteiger partial charge in [0.2, 0.25) is 5.91 Å². The zero-order valence-electron chi connectivity index (χ0n) is 16.4. The van der Waals surface area contributed by atoms with Crippen molar-refractivity contribution in [3.05, 3.63) is 76.3 Å². The molecule has 3 aromatic rings. The number of carbonyl (C=O) groups is 1. The molecule has 1 aliphatic rings. The van der Waals surface area contributed by atoms with Gasteiger partial charge in [0.15, 0.2) is 0 Å². The van der Waals surface area contributed by atoms with E-state index in [0.29, 0.717) is 5.39 Å². The number of benzene rings is 2. The predicted molar refractivity (Wildman–Crippen MR) is 114 cm³/mol. The summed E-state index contributed by atoms with van der Waals surface area (Å²) in [5.41, 5.74) is 6.92. The second kappa shape index (κ2) is 8.17. The first-order valence-electron chi connectivity index (χ1n) is 10.1. The lowest BCUT2D eigenvalue weighted by Crippen LogP contribution is -2.50. The molecule has 0 atom stereocenters. The number of nitrogens with zero attached hydrogens (tertiary/aromatic N) is 2. The van der Waals surface area contributed by atoms with Crippen LogP contribution in [0.1, 0.15) is 30.7 Å². The number of hydrogen-bond donors (Lipinski definition) is 2. The molecule has 4 rings (SSSR count). The Balaban J connectivity index is 1.36. The Morgan fingerprint density at radius 1 is 1.07 bits per heavy atom. The molecule has 1 aliphatic heterocycles. The third-order valence-electron chi connectivity index (χ3n) is 6.06. The Hall–Kier alpha value is -2.99. The molecule has 150 valence electrons. The van der Waals surface area contributed by atoms with E-state index in [4.69, 9.17) is 5.73 Å². The number of hydrogen-bond acceptors (Lipinski definition) is 4. The summed E-state index contributed by atoms with van der Waals surface area (Å²) in [4.78, 5) is 34.3. The quantitative estimate of drug-likeness (QED) is 0.676. The van der Waals surface area contributed by atoms with E-state index >= 15 is 0 Å². The van der Waals surface area contributed by atoms with Gasteiger partial charge < -0.3 is 15.6 Å². The van der Waals surface area contributed by atoms with Crippen LogP contribution in [0.25, 0.3) is 10.9 Å². The molecule has 0 saturated carbocycles. The summed E-state index contributed by atoms with van der Waals surface area (Å²) in [7, 11) is 0. The molecular formula is C23H26N4O2. The minimum absolute atomic E-state index is 0.0855. The van der Waals surface area contributed by atoms with Crippen molar-refractivity contribution in [1.29, 1.82) is 0 Å². The van der Waals surface area contributed by atoms with Crippen LogP contribution in [0.15, 0.2) is 59.4 Å². The highest BCUT2D eigenvalue weighted by atomic mass is 16.1. The van der Waals surface area contributed by atoms with Crippen LogP contribution in [-0.4, -0.2) is 40.4 Å². The molecule has 2 heterocycles. The van der Waals surface area contributed by atoms with Crippen LogP contribution in [0.2, 0.25) is 0 Å². The number of H-pyrrole nitrogens is 1. The van der Waals surface area contributed by atoms with Gasteiger partial charge in [0.05, 0.1) is 16.3 Å². The molecule has 0 radical (unpaired) electrons. The molecule has 3 N–H and O–H groups in total. The van der Waals surface area contributed by atoms with E-state index < -0.39 is 5.41 Å². The molecule has 29 heavy (non-hydrogen) atoms. The van der Waals surface area contributed by atoms with E-state index in [9.17, 15) is 9.59 Å². The number of primary amides is 1. The Bertz CT molecular complexity index is 1050. The number of fused-ring (bicyclic) bond motifs is 1. The monoisotopic (exact) mass is 390 g/mol. The van der Waals surface area contributed by atoms with Gasteiger partial charge in [0.25, 0.3) is 5.56 Å². The van der Waals surface area contributed by atoms with Gasteiger partial charge in [0.1, 0.15) is 5.82 Å². The molecule has 1 aromatic heterocycles. The standard InChI is InChI=1S/C23H26N4O2/c24-22(29)23(17-7-2-1-3-8-17)12-15-27(16-13-23)14-6-11-20-25-19-10-5-4-9-18(19)21(28)26-20/h1-5,7-10H,6,11-16H2,(H2,24,29)(H,25,26,28). The Morgan fingerprint density at radius 3 is 2.48 bits per heavy atom. The smallest absolute Gasteiger partial charge is 0.258 e. The Kier molecular flexibility index (Phi) is 5.45. The minimum atomic E-state index is -0.567. The number of carbonyl (C=O) groups excluding carboxylic acids is 1. The lowest BCUT2D eigenvalue weighted by Gasteiger charge is -2.40. The normalized spacial score (nSPS) is 16.7. The van der Waals surface area contributed by atoms with Crippen LogP contribution in [0, 0.1) is 0 Å². The number of piperidine rings is 1. The molecule has 0 bridgehead atoms. The number of rotatable bonds is 6. The molecule has 1 fully saturated rings. The number of nitrogens with two attached hydrogens (primary N) is 1. The van der Waals surface area contributed by atoms with E-state index in [0.717, 1.165) is 62.2 Å². The maximum Gasteiger partial charge on any atom is 0.258 e. The van der Waals surface area contributed by atoms with Gasteiger partial charge in [-0.2, -0.15) is 0 Å². The molecule has 0 aliphatic carbocycles. The first kappa shape index (κ1) is 19.3. The highest BCUT2D eigenvalue weighted by Gasteiger charge is 2.41. The van der Waals surface area contributed by atoms with Crippen LogP contribution in [0.5, 0.6) is 0 Å². The van der Waals surface area contributed by atoms with Crippen molar-refractivity contribution in [3.8, 4) is 0 Å². The number of nitrogens with one attached hydrogen (secondary N) is 1. The molecule has 6 nitrogen and oxygen atoms in total. The number of aromatic nitrogens is 2. The molecule has 1 saturated heterocycles. The first-order chi connectivity index (χ1) is 14.1. The van der Waals surface area contributed by atoms with Crippen molar-refractivity contribution in [2.75, 3.05) is 19.6 Å². The number of aromatic amines is 1. The fourth-order valence-corrected chi connectivity index (χ4v) is 4.32. The van der Waals surface area contributed by atoms with E-state index in [2.05, 4.69) is 14.9 Å². The molecule has 0 unspecified atom stereocenters. The molecule has 6 heteroatoms. The summed E-state index contributed by atoms with van der Waals surface area (Å²) < 4.78 is 0. The zero-order chi connectivity index (χ0) is 20.3. The Morgan fingerprint density at radius 2 is 1.76 bits per heavy atom. The van der Waals surface area contributed by atoms with Gasteiger partial charge in [-0.15, -0.1) is 0 Å². The zero-order valence-corrected chi connectivity index (χ0v) is 16.4. The van der Waals surface area contributed by atoms with Crippen molar-refractivity contribution >= 4 is 16.8 Å². The largest absolute Gasteiger partial charge is 0.369 e. The van der Waals surface area contributed by atoms with E-state index in [-0.39, 0.29) is 11.5 Å². The van der Waals surface area contributed by atoms with Crippen LogP contribution in [0.3, 0.4) is 0 Å². The highest BCUT2D eigenvalue weighted by Crippen LogP contribution is 2.35. The van der Waals surface area contributed by atoms with Gasteiger partial charge in [0, 0.05) is 6.42 Å². The third kappa shape index (κ3) is 3.93. The second-order valence-electron chi connectivity index (χ2n) is 7.79. The number of likely N-dealkylation sites (tertiary alicyclic amines) is 1. The van der Waals surface area contributed by atoms with Gasteiger partial charge in [-0.25, -0.2) is 4.98 Å². The van der Waals surface area contributed by atoms with Crippen molar-refractivity contribution in [2.45, 2.75) is 31.1 Å². The van der Waals surface area contributed by atoms with Crippen LogP contribution >= 0.6 is 0 Å². The molecular weight excluding hydrogens is 364 g/mol. The lowest BCUT2D eigenvalue weighted by molar-refractivity contribution is -0.125. The highest BCUT2D eigenvalue weighted by molar-refractivity contribution is 5.87. The fourth-order valence-electron chi connectivity index (χ4n) is 4.32. The van der Waals surface area contributed by atoms with E-state index in [1.807, 2.05) is 48.5 Å². The van der Waals surface area contributed by atoms with Gasteiger partial charge in [-0.1, -0.05) is 42.5 Å². The SMILES string of the molecule is NC(=O)C1(c2ccccc2)CCN(CCCc2nc3ccccc3c(=O)[nH]2)CC1. The van der Waals surface area contributed by atoms with Gasteiger partial charge in [-0.3, -0.25) is 9.59 Å². The Labute approximate surface area is 169 Å². The molecule has 1 amide bonds. The average molecular weight is 390 g/mol. The van der Waals surface area contributed by atoms with Crippen molar-refractivity contribution < 1.29 is 4.79 Å². The van der Waals surface area contributed by atoms with E-state index in [1.54, 1.807) is 6.07 Å². The second-order valence-corrected chi connectivity index (χ2v) is 7.79. The maximum atomic E-state index is 12.3. The van der Waals surface area contributed by atoms with Crippen molar-refractivity contribution in [2.24, 2.45) is 5.73 Å². The maximum absolute atomic E-state index is 12.3. The van der Waals surface area contributed by atoms with Crippen molar-refractivity contribution in [3.63, 3.8) is 0 Å². The van der Waals surface area contributed by atoms with Gasteiger partial charge >= 0.3 is 0 Å². The number of aryl methyl sites for hydroxylation is 1. The summed E-state index contributed by atoms with van der Waals surface area (Å²) in [6, 6.07) is 17.3. The van der Waals surface area contributed by atoms with Crippen LogP contribution in [-0.2, 0) is 16.6 Å². The minimum Gasteiger partial charge on any atom is -0.369 e. The van der Waals surface area contributed by atoms with Crippen LogP contribution in [0.4, 0.5) is 0 Å². The van der Waals surface area contributed by atoms with Crippen molar-refractivity contribution in [1.82, 2.24) is 14.9 Å².